The van der Waals surface area contributed by atoms with Gasteiger partial charge in [-0.15, -0.1) is 0 Å². The second kappa shape index (κ2) is 5.83. The van der Waals surface area contributed by atoms with Crippen molar-refractivity contribution in [2.24, 2.45) is 5.41 Å². The lowest BCUT2D eigenvalue weighted by molar-refractivity contribution is 0.0475. The third kappa shape index (κ3) is 4.09. The van der Waals surface area contributed by atoms with E-state index in [1.165, 1.54) is 19.3 Å². The van der Waals surface area contributed by atoms with Crippen LogP contribution in [0, 0.1) is 5.41 Å². The molecule has 0 radical (unpaired) electrons. The van der Waals surface area contributed by atoms with Crippen molar-refractivity contribution in [3.05, 3.63) is 0 Å². The van der Waals surface area contributed by atoms with Gasteiger partial charge in [-0.2, -0.15) is 0 Å². The highest BCUT2D eigenvalue weighted by Crippen LogP contribution is 2.28. The van der Waals surface area contributed by atoms with Crippen LogP contribution in [-0.2, 0) is 0 Å². The Hall–Kier alpha value is -0.120. The molecule has 0 unspecified atom stereocenters. The molecular weight excluding hydrogens is 190 g/mol. The van der Waals surface area contributed by atoms with E-state index in [1.807, 2.05) is 0 Å². The molecule has 1 aliphatic rings. The van der Waals surface area contributed by atoms with Crippen LogP contribution in [0.25, 0.3) is 0 Å². The summed E-state index contributed by atoms with van der Waals surface area (Å²) in [5, 5.41) is 18.1. The second-order valence-electron chi connectivity index (χ2n) is 5.45. The van der Waals surface area contributed by atoms with E-state index in [2.05, 4.69) is 18.7 Å². The van der Waals surface area contributed by atoms with Crippen LogP contribution in [0.2, 0.25) is 0 Å². The van der Waals surface area contributed by atoms with E-state index in [1.54, 1.807) is 0 Å². The summed E-state index contributed by atoms with van der Waals surface area (Å²) < 4.78 is 0. The first-order chi connectivity index (χ1) is 7.09. The smallest absolute Gasteiger partial charge is 0.0494 e. The lowest BCUT2D eigenvalue weighted by atomic mass is 9.87. The molecule has 0 aromatic carbocycles. The molecule has 0 aliphatic heterocycles. The van der Waals surface area contributed by atoms with E-state index in [9.17, 15) is 5.11 Å². The zero-order valence-corrected chi connectivity index (χ0v) is 10.1. The molecule has 3 heteroatoms. The fourth-order valence-electron chi connectivity index (χ4n) is 2.02. The molecule has 1 fully saturated rings. The van der Waals surface area contributed by atoms with E-state index >= 15 is 0 Å². The average molecular weight is 215 g/mol. The van der Waals surface area contributed by atoms with Gasteiger partial charge in [0.15, 0.2) is 0 Å². The van der Waals surface area contributed by atoms with Crippen molar-refractivity contribution in [1.29, 1.82) is 0 Å². The molecule has 0 amide bonds. The van der Waals surface area contributed by atoms with Crippen molar-refractivity contribution in [2.75, 3.05) is 26.3 Å². The van der Waals surface area contributed by atoms with Crippen molar-refractivity contribution in [2.45, 2.75) is 45.6 Å². The maximum atomic E-state index is 9.26. The minimum absolute atomic E-state index is 0.0228. The highest BCUT2D eigenvalue weighted by molar-refractivity contribution is 4.83. The molecule has 3 nitrogen and oxygen atoms in total. The van der Waals surface area contributed by atoms with Crippen LogP contribution in [-0.4, -0.2) is 47.5 Å². The summed E-state index contributed by atoms with van der Waals surface area (Å²) in [6.45, 7) is 6.59. The third-order valence-electron chi connectivity index (χ3n) is 3.25. The summed E-state index contributed by atoms with van der Waals surface area (Å²) in [6.07, 6.45) is 4.75. The number of nitrogens with zero attached hydrogens (tertiary/aromatic N) is 1. The van der Waals surface area contributed by atoms with Gasteiger partial charge in [0.1, 0.15) is 0 Å². The monoisotopic (exact) mass is 215 g/mol. The molecular formula is C12H25NO2. The van der Waals surface area contributed by atoms with Gasteiger partial charge in [0.2, 0.25) is 0 Å². The summed E-state index contributed by atoms with van der Waals surface area (Å²) in [7, 11) is 0. The van der Waals surface area contributed by atoms with Gasteiger partial charge in [0, 0.05) is 37.8 Å². The molecule has 0 aromatic heterocycles. The minimum atomic E-state index is -0.0228. The summed E-state index contributed by atoms with van der Waals surface area (Å²) in [4.78, 5) is 2.44. The fraction of sp³-hybridized carbons (Fsp3) is 1.00. The molecule has 0 saturated heterocycles. The maximum Gasteiger partial charge on any atom is 0.0494 e. The van der Waals surface area contributed by atoms with Crippen molar-refractivity contribution in [1.82, 2.24) is 4.90 Å². The highest BCUT2D eigenvalue weighted by atomic mass is 16.3. The normalized spacial score (nSPS) is 18.2. The van der Waals surface area contributed by atoms with Crippen molar-refractivity contribution in [3.8, 4) is 0 Å². The Morgan fingerprint density at radius 1 is 1.27 bits per heavy atom. The van der Waals surface area contributed by atoms with Crippen molar-refractivity contribution in [3.63, 3.8) is 0 Å². The quantitative estimate of drug-likeness (QED) is 0.671. The SMILES string of the molecule is CC(C)(CO)CN(CCCO)C1CCC1. The van der Waals surface area contributed by atoms with E-state index in [4.69, 9.17) is 5.11 Å². The number of aliphatic hydroxyl groups excluding tert-OH is 2. The van der Waals surface area contributed by atoms with Gasteiger partial charge in [0.05, 0.1) is 0 Å². The van der Waals surface area contributed by atoms with Gasteiger partial charge in [0.25, 0.3) is 0 Å². The molecule has 1 saturated carbocycles. The van der Waals surface area contributed by atoms with Gasteiger partial charge in [-0.05, 0) is 19.3 Å². The van der Waals surface area contributed by atoms with Crippen molar-refractivity contribution < 1.29 is 10.2 Å². The Morgan fingerprint density at radius 2 is 1.93 bits per heavy atom. The fourth-order valence-corrected chi connectivity index (χ4v) is 2.02. The predicted octanol–water partition coefficient (Wildman–Crippen LogP) is 1.24. The standard InChI is InChI=1S/C12H25NO2/c1-12(2,10-15)9-13(7-4-8-14)11-5-3-6-11/h11,14-15H,3-10H2,1-2H3. The summed E-state index contributed by atoms with van der Waals surface area (Å²) in [5.41, 5.74) is -0.0228. The molecule has 0 heterocycles. The number of hydrogen-bond acceptors (Lipinski definition) is 3. The van der Waals surface area contributed by atoms with Crippen LogP contribution in [0.1, 0.15) is 39.5 Å². The van der Waals surface area contributed by atoms with Crippen LogP contribution in [0.5, 0.6) is 0 Å². The van der Waals surface area contributed by atoms with Crippen LogP contribution < -0.4 is 0 Å². The average Bonchev–Trinajstić information content (AvgIpc) is 2.11. The predicted molar refractivity (Wildman–Crippen MR) is 61.8 cm³/mol. The Kier molecular flexibility index (Phi) is 5.03. The van der Waals surface area contributed by atoms with Crippen LogP contribution in [0.4, 0.5) is 0 Å². The zero-order chi connectivity index (χ0) is 11.3. The van der Waals surface area contributed by atoms with Crippen LogP contribution >= 0.6 is 0 Å². The first-order valence-corrected chi connectivity index (χ1v) is 6.05. The van der Waals surface area contributed by atoms with E-state index in [0.29, 0.717) is 6.04 Å². The Morgan fingerprint density at radius 3 is 2.33 bits per heavy atom. The zero-order valence-electron chi connectivity index (χ0n) is 10.1. The first kappa shape index (κ1) is 12.9. The van der Waals surface area contributed by atoms with Gasteiger partial charge >= 0.3 is 0 Å². The van der Waals surface area contributed by atoms with E-state index in [0.717, 1.165) is 19.5 Å². The minimum Gasteiger partial charge on any atom is -0.396 e. The van der Waals surface area contributed by atoms with Crippen molar-refractivity contribution >= 4 is 0 Å². The van der Waals surface area contributed by atoms with Crippen LogP contribution in [0.3, 0.4) is 0 Å². The molecule has 0 spiro atoms. The van der Waals surface area contributed by atoms with Gasteiger partial charge in [-0.3, -0.25) is 4.90 Å². The molecule has 2 N–H and O–H groups in total. The van der Waals surface area contributed by atoms with Gasteiger partial charge in [-0.25, -0.2) is 0 Å². The molecule has 15 heavy (non-hydrogen) atoms. The molecule has 0 bridgehead atoms. The Bertz CT molecular complexity index is 178. The topological polar surface area (TPSA) is 43.7 Å². The second-order valence-corrected chi connectivity index (χ2v) is 5.45. The van der Waals surface area contributed by atoms with E-state index in [-0.39, 0.29) is 18.6 Å². The Balaban J connectivity index is 2.40. The van der Waals surface area contributed by atoms with Gasteiger partial charge in [-0.1, -0.05) is 20.3 Å². The highest BCUT2D eigenvalue weighted by Gasteiger charge is 2.29. The summed E-state index contributed by atoms with van der Waals surface area (Å²) in [6, 6.07) is 0.697. The largest absolute Gasteiger partial charge is 0.396 e. The van der Waals surface area contributed by atoms with E-state index < -0.39 is 0 Å². The van der Waals surface area contributed by atoms with Gasteiger partial charge < -0.3 is 10.2 Å². The van der Waals surface area contributed by atoms with Crippen LogP contribution in [0.15, 0.2) is 0 Å². The molecule has 90 valence electrons. The lowest BCUT2D eigenvalue weighted by Crippen LogP contribution is -2.46. The maximum absolute atomic E-state index is 9.26. The lowest BCUT2D eigenvalue weighted by Gasteiger charge is -2.41. The molecule has 1 rings (SSSR count). The number of rotatable bonds is 7. The third-order valence-corrected chi connectivity index (χ3v) is 3.25. The summed E-state index contributed by atoms with van der Waals surface area (Å²) in [5.74, 6) is 0. The first-order valence-electron chi connectivity index (χ1n) is 6.05. The molecule has 1 aliphatic carbocycles. The Labute approximate surface area is 93.1 Å². The molecule has 0 atom stereocenters. The summed E-state index contributed by atoms with van der Waals surface area (Å²) >= 11 is 0. The molecule has 0 aromatic rings. The number of aliphatic hydroxyl groups is 2. The number of hydrogen-bond donors (Lipinski definition) is 2.